The largest absolute Gasteiger partial charge is 0.497 e. The number of aryl methyl sites for hydroxylation is 1. The van der Waals surface area contributed by atoms with E-state index in [9.17, 15) is 14.4 Å². The van der Waals surface area contributed by atoms with Gasteiger partial charge in [-0.3, -0.25) is 14.4 Å². The zero-order chi connectivity index (χ0) is 22.5. The summed E-state index contributed by atoms with van der Waals surface area (Å²) in [4.78, 5) is 45.0. The third kappa shape index (κ3) is 4.76. The maximum Gasteiger partial charge on any atom is 0.260 e. The molecule has 0 aliphatic carbocycles. The van der Waals surface area contributed by atoms with Crippen molar-refractivity contribution in [3.05, 3.63) is 92.8 Å². The summed E-state index contributed by atoms with van der Waals surface area (Å²) in [6.45, 7) is 0.196. The topological polar surface area (TPSA) is 101 Å². The van der Waals surface area contributed by atoms with E-state index in [0.29, 0.717) is 27.8 Å². The second kappa shape index (κ2) is 9.57. The van der Waals surface area contributed by atoms with Crippen LogP contribution in [0.25, 0.3) is 10.2 Å². The number of rotatable bonds is 8. The van der Waals surface area contributed by atoms with Gasteiger partial charge in [0, 0.05) is 18.5 Å². The fourth-order valence-corrected chi connectivity index (χ4v) is 4.28. The fraction of sp³-hybridized carbons (Fsp3) is 0.167. The van der Waals surface area contributed by atoms with Gasteiger partial charge in [0.15, 0.2) is 11.6 Å². The molecule has 162 valence electrons. The summed E-state index contributed by atoms with van der Waals surface area (Å²) in [7, 11) is 1.59. The molecule has 2 aromatic carbocycles. The Morgan fingerprint density at radius 3 is 2.72 bits per heavy atom. The molecule has 2 N–H and O–H groups in total. The predicted molar refractivity (Wildman–Crippen MR) is 123 cm³/mol. The molecule has 2 heterocycles. The number of carbonyl (C=O) groups excluding carboxylic acids is 2. The number of amides is 1. The van der Waals surface area contributed by atoms with E-state index in [0.717, 1.165) is 11.3 Å². The Hall–Kier alpha value is -3.78. The maximum atomic E-state index is 12.7. The molecule has 4 rings (SSSR count). The van der Waals surface area contributed by atoms with Crippen molar-refractivity contribution >= 4 is 33.2 Å². The number of ketones is 1. The SMILES string of the molecule is COc1cccc(CCC(=O)c2nc3scc(CNC(=O)c4ccccc4)c3c(=O)[nH]2)c1. The van der Waals surface area contributed by atoms with Gasteiger partial charge >= 0.3 is 0 Å². The van der Waals surface area contributed by atoms with Crippen LogP contribution >= 0.6 is 11.3 Å². The van der Waals surface area contributed by atoms with E-state index in [1.165, 1.54) is 11.3 Å². The molecule has 8 heteroatoms. The molecule has 0 aliphatic rings. The van der Waals surface area contributed by atoms with Gasteiger partial charge in [0.2, 0.25) is 0 Å². The van der Waals surface area contributed by atoms with Gasteiger partial charge in [-0.25, -0.2) is 4.98 Å². The van der Waals surface area contributed by atoms with E-state index < -0.39 is 0 Å². The molecule has 0 bridgehead atoms. The van der Waals surface area contributed by atoms with Crippen molar-refractivity contribution in [2.75, 3.05) is 7.11 Å². The maximum absolute atomic E-state index is 12.7. The molecule has 0 unspecified atom stereocenters. The standard InChI is InChI=1S/C24H21N3O4S/c1-31-18-9-5-6-15(12-18)10-11-19(28)21-26-23(30)20-17(14-32-24(20)27-21)13-25-22(29)16-7-3-2-4-8-16/h2-9,12,14H,10-11,13H2,1H3,(H,25,29)(H,26,27,30). The number of aromatic amines is 1. The number of nitrogens with one attached hydrogen (secondary N) is 2. The van der Waals surface area contributed by atoms with E-state index in [-0.39, 0.29) is 36.0 Å². The Morgan fingerprint density at radius 2 is 1.94 bits per heavy atom. The van der Waals surface area contributed by atoms with E-state index in [1.54, 1.807) is 36.8 Å². The molecule has 0 spiro atoms. The van der Waals surface area contributed by atoms with Crippen molar-refractivity contribution in [1.29, 1.82) is 0 Å². The minimum atomic E-state index is -0.384. The number of thiophene rings is 1. The van der Waals surface area contributed by atoms with Gasteiger partial charge in [0.05, 0.1) is 12.5 Å². The number of hydrogen-bond donors (Lipinski definition) is 2. The van der Waals surface area contributed by atoms with Gasteiger partial charge in [-0.2, -0.15) is 0 Å². The summed E-state index contributed by atoms with van der Waals surface area (Å²) in [6, 6.07) is 16.4. The van der Waals surface area contributed by atoms with Crippen LogP contribution in [0.15, 0.2) is 64.8 Å². The van der Waals surface area contributed by atoms with Crippen LogP contribution in [0.4, 0.5) is 0 Å². The van der Waals surface area contributed by atoms with E-state index in [4.69, 9.17) is 4.74 Å². The van der Waals surface area contributed by atoms with Crippen molar-refractivity contribution in [1.82, 2.24) is 15.3 Å². The Morgan fingerprint density at radius 1 is 1.12 bits per heavy atom. The minimum Gasteiger partial charge on any atom is -0.497 e. The molecular weight excluding hydrogens is 426 g/mol. The van der Waals surface area contributed by atoms with Gasteiger partial charge in [0.25, 0.3) is 11.5 Å². The molecule has 0 aliphatic heterocycles. The molecule has 32 heavy (non-hydrogen) atoms. The lowest BCUT2D eigenvalue weighted by molar-refractivity contribution is 0.0949. The number of aromatic nitrogens is 2. The molecule has 2 aromatic heterocycles. The van der Waals surface area contributed by atoms with Crippen LogP contribution in [-0.4, -0.2) is 28.8 Å². The Balaban J connectivity index is 1.46. The van der Waals surface area contributed by atoms with Gasteiger partial charge in [-0.1, -0.05) is 30.3 Å². The zero-order valence-electron chi connectivity index (χ0n) is 17.4. The van der Waals surface area contributed by atoms with Crippen molar-refractivity contribution in [2.45, 2.75) is 19.4 Å². The monoisotopic (exact) mass is 447 g/mol. The van der Waals surface area contributed by atoms with Gasteiger partial charge in [-0.05, 0) is 47.2 Å². The minimum absolute atomic E-state index is 0.0483. The lowest BCUT2D eigenvalue weighted by Crippen LogP contribution is -2.23. The van der Waals surface area contributed by atoms with Gasteiger partial charge in [-0.15, -0.1) is 11.3 Å². The molecule has 7 nitrogen and oxygen atoms in total. The third-order valence-electron chi connectivity index (χ3n) is 5.03. The molecular formula is C24H21N3O4S. The van der Waals surface area contributed by atoms with Crippen LogP contribution in [0.1, 0.15) is 38.5 Å². The highest BCUT2D eigenvalue weighted by atomic mass is 32.1. The number of fused-ring (bicyclic) bond motifs is 1. The smallest absolute Gasteiger partial charge is 0.260 e. The fourth-order valence-electron chi connectivity index (χ4n) is 3.34. The summed E-state index contributed by atoms with van der Waals surface area (Å²) in [5.41, 5.74) is 1.79. The molecule has 0 saturated heterocycles. The van der Waals surface area contributed by atoms with Crippen molar-refractivity contribution in [3.63, 3.8) is 0 Å². The third-order valence-corrected chi connectivity index (χ3v) is 5.96. The first kappa shape index (κ1) is 21.5. The molecule has 0 saturated carbocycles. The van der Waals surface area contributed by atoms with Crippen LogP contribution < -0.4 is 15.6 Å². The highest BCUT2D eigenvalue weighted by Gasteiger charge is 2.16. The van der Waals surface area contributed by atoms with Crippen LogP contribution in [0.5, 0.6) is 5.75 Å². The quantitative estimate of drug-likeness (QED) is 0.401. The summed E-state index contributed by atoms with van der Waals surface area (Å²) in [5.74, 6) is 0.318. The molecule has 0 fully saturated rings. The average Bonchev–Trinajstić information content (AvgIpc) is 3.25. The number of carbonyl (C=O) groups is 2. The van der Waals surface area contributed by atoms with E-state index in [2.05, 4.69) is 15.3 Å². The average molecular weight is 448 g/mol. The van der Waals surface area contributed by atoms with Crippen LogP contribution in [0.3, 0.4) is 0 Å². The summed E-state index contributed by atoms with van der Waals surface area (Å²) >= 11 is 1.28. The Bertz CT molecular complexity index is 1330. The summed E-state index contributed by atoms with van der Waals surface area (Å²) in [6.07, 6.45) is 0.728. The predicted octanol–water partition coefficient (Wildman–Crippen LogP) is 3.74. The van der Waals surface area contributed by atoms with Gasteiger partial charge in [0.1, 0.15) is 10.6 Å². The second-order valence-electron chi connectivity index (χ2n) is 7.18. The number of methoxy groups -OCH3 is 1. The van der Waals surface area contributed by atoms with Crippen LogP contribution in [-0.2, 0) is 13.0 Å². The lowest BCUT2D eigenvalue weighted by atomic mass is 10.1. The van der Waals surface area contributed by atoms with Crippen molar-refractivity contribution in [2.24, 2.45) is 0 Å². The highest BCUT2D eigenvalue weighted by Crippen LogP contribution is 2.21. The number of ether oxygens (including phenoxy) is 1. The number of nitrogens with zero attached hydrogens (tertiary/aromatic N) is 1. The van der Waals surface area contributed by atoms with Crippen LogP contribution in [0.2, 0.25) is 0 Å². The van der Waals surface area contributed by atoms with Gasteiger partial charge < -0.3 is 15.0 Å². The number of H-pyrrole nitrogens is 1. The van der Waals surface area contributed by atoms with E-state index in [1.807, 2.05) is 30.3 Å². The first-order valence-electron chi connectivity index (χ1n) is 10.0. The lowest BCUT2D eigenvalue weighted by Gasteiger charge is -2.05. The second-order valence-corrected chi connectivity index (χ2v) is 8.04. The Labute approximate surface area is 188 Å². The first-order chi connectivity index (χ1) is 15.5. The summed E-state index contributed by atoms with van der Waals surface area (Å²) < 4.78 is 5.20. The van der Waals surface area contributed by atoms with E-state index >= 15 is 0 Å². The molecule has 4 aromatic rings. The molecule has 0 atom stereocenters. The number of hydrogen-bond acceptors (Lipinski definition) is 6. The normalized spacial score (nSPS) is 10.8. The Kier molecular flexibility index (Phi) is 6.42. The molecule has 0 radical (unpaired) electrons. The number of Topliss-reactive ketones (excluding diaryl/α,β-unsaturated/α-hetero) is 1. The first-order valence-corrected chi connectivity index (χ1v) is 10.9. The highest BCUT2D eigenvalue weighted by molar-refractivity contribution is 7.16. The number of benzene rings is 2. The van der Waals surface area contributed by atoms with Crippen LogP contribution in [0, 0.1) is 0 Å². The zero-order valence-corrected chi connectivity index (χ0v) is 18.2. The van der Waals surface area contributed by atoms with Crippen molar-refractivity contribution in [3.8, 4) is 5.75 Å². The molecule has 1 amide bonds. The van der Waals surface area contributed by atoms with Crippen molar-refractivity contribution < 1.29 is 14.3 Å². The summed E-state index contributed by atoms with van der Waals surface area (Å²) in [5, 5.41) is 4.99.